The Bertz CT molecular complexity index is 1400. The standard InChI is InChI=1S/C39H56O6/c1-34(2)17-19-39(24-41)20-18-37(5)26(27(39)22-34)9-11-31-35(3)15-14-32(36(4,23-40)30(35)13-16-38(31,37)6)45-33(44)12-8-25-7-10-28(42)29(43)21-25/h7-10,12,21,27,30-32,40-43H,11,13-20,22-24H2,1-6H3/t27-,30+,31+,32-,35-,36-,37+,38+,39+/m0/s1. The highest BCUT2D eigenvalue weighted by Crippen LogP contribution is 2.75. The zero-order valence-corrected chi connectivity index (χ0v) is 28.4. The van der Waals surface area contributed by atoms with E-state index in [1.165, 1.54) is 24.6 Å². The summed E-state index contributed by atoms with van der Waals surface area (Å²) in [4.78, 5) is 13.0. The fourth-order valence-corrected chi connectivity index (χ4v) is 11.8. The lowest BCUT2D eigenvalue weighted by Crippen LogP contribution is -2.66. The van der Waals surface area contributed by atoms with Gasteiger partial charge in [0.2, 0.25) is 0 Å². The molecule has 0 aliphatic heterocycles. The van der Waals surface area contributed by atoms with Crippen molar-refractivity contribution in [1.29, 1.82) is 0 Å². The Hall–Kier alpha value is -2.31. The van der Waals surface area contributed by atoms with E-state index >= 15 is 0 Å². The summed E-state index contributed by atoms with van der Waals surface area (Å²) in [5.41, 5.74) is 2.22. The first-order valence-electron chi connectivity index (χ1n) is 17.4. The highest BCUT2D eigenvalue weighted by molar-refractivity contribution is 5.87. The fraction of sp³-hybridized carbons (Fsp3) is 0.718. The molecule has 0 heterocycles. The summed E-state index contributed by atoms with van der Waals surface area (Å²) in [5.74, 6) is 0.242. The number of aliphatic hydroxyl groups excluding tert-OH is 2. The molecule has 6 nitrogen and oxygen atoms in total. The Labute approximate surface area is 270 Å². The van der Waals surface area contributed by atoms with E-state index in [4.69, 9.17) is 4.74 Å². The van der Waals surface area contributed by atoms with Gasteiger partial charge in [-0.25, -0.2) is 4.79 Å². The van der Waals surface area contributed by atoms with Crippen LogP contribution in [-0.4, -0.2) is 45.7 Å². The number of carbonyl (C=O) groups is 1. The molecule has 0 bridgehead atoms. The number of phenols is 2. The average Bonchev–Trinajstić information content (AvgIpc) is 2.99. The first kappa shape index (κ1) is 32.6. The predicted molar refractivity (Wildman–Crippen MR) is 176 cm³/mol. The highest BCUT2D eigenvalue weighted by Gasteiger charge is 2.69. The minimum atomic E-state index is -0.550. The average molecular weight is 621 g/mol. The van der Waals surface area contributed by atoms with Crippen LogP contribution in [-0.2, 0) is 9.53 Å². The lowest BCUT2D eigenvalue weighted by atomic mass is 9.33. The van der Waals surface area contributed by atoms with E-state index < -0.39 is 11.4 Å². The summed E-state index contributed by atoms with van der Waals surface area (Å²) in [5, 5.41) is 41.2. The van der Waals surface area contributed by atoms with E-state index in [0.717, 1.165) is 51.4 Å². The van der Waals surface area contributed by atoms with Gasteiger partial charge in [0.15, 0.2) is 11.5 Å². The smallest absolute Gasteiger partial charge is 0.331 e. The number of rotatable bonds is 5. The van der Waals surface area contributed by atoms with Crippen LogP contribution >= 0.6 is 0 Å². The maximum absolute atomic E-state index is 13.0. The van der Waals surface area contributed by atoms with Crippen molar-refractivity contribution in [2.24, 2.45) is 50.2 Å². The number of carbonyl (C=O) groups excluding carboxylic acids is 1. The normalized spacial score (nSPS) is 43.8. The Kier molecular flexibility index (Phi) is 7.88. The molecule has 0 amide bonds. The van der Waals surface area contributed by atoms with Gasteiger partial charge < -0.3 is 25.2 Å². The van der Waals surface area contributed by atoms with Crippen molar-refractivity contribution in [3.63, 3.8) is 0 Å². The SMILES string of the molecule is CC1(C)CC[C@]2(CO)CC[C@]3(C)C(=CC[C@@H]4[C@@]5(C)CC[C@H](OC(=O)C=Cc6ccc(O)c(O)c6)[C@@](C)(CO)[C@@H]5CC[C@]43C)[C@@H]2C1. The lowest BCUT2D eigenvalue weighted by Gasteiger charge is -2.71. The second-order valence-electron chi connectivity index (χ2n) is 17.4. The molecule has 6 rings (SSSR count). The van der Waals surface area contributed by atoms with Crippen LogP contribution in [0.25, 0.3) is 6.08 Å². The van der Waals surface area contributed by atoms with Crippen molar-refractivity contribution in [2.45, 2.75) is 112 Å². The summed E-state index contributed by atoms with van der Waals surface area (Å²) in [6.07, 6.45) is 15.7. The van der Waals surface area contributed by atoms with E-state index in [-0.39, 0.29) is 51.8 Å². The molecule has 5 aliphatic carbocycles. The molecular formula is C39H56O6. The van der Waals surface area contributed by atoms with Crippen LogP contribution in [0.2, 0.25) is 0 Å². The van der Waals surface area contributed by atoms with Gasteiger partial charge in [-0.3, -0.25) is 0 Å². The van der Waals surface area contributed by atoms with Gasteiger partial charge in [-0.05, 0) is 127 Å². The monoisotopic (exact) mass is 620 g/mol. The Morgan fingerprint density at radius 1 is 0.889 bits per heavy atom. The molecule has 45 heavy (non-hydrogen) atoms. The third-order valence-electron chi connectivity index (χ3n) is 14.9. The van der Waals surface area contributed by atoms with Gasteiger partial charge in [0.25, 0.3) is 0 Å². The van der Waals surface area contributed by atoms with E-state index in [0.29, 0.717) is 35.8 Å². The number of aliphatic hydroxyl groups is 2. The van der Waals surface area contributed by atoms with Crippen LogP contribution in [0, 0.1) is 50.2 Å². The van der Waals surface area contributed by atoms with Crippen LogP contribution in [0.4, 0.5) is 0 Å². The van der Waals surface area contributed by atoms with Crippen LogP contribution in [0.15, 0.2) is 35.9 Å². The Balaban J connectivity index is 1.26. The fourth-order valence-electron chi connectivity index (χ4n) is 11.8. The molecule has 0 unspecified atom stereocenters. The topological polar surface area (TPSA) is 107 Å². The second-order valence-corrected chi connectivity index (χ2v) is 17.4. The largest absolute Gasteiger partial charge is 0.504 e. The number of phenolic OH excluding ortho intramolecular Hbond substituents is 2. The number of ether oxygens (including phenoxy) is 1. The zero-order valence-electron chi connectivity index (χ0n) is 28.4. The molecule has 1 aromatic carbocycles. The molecule has 9 atom stereocenters. The molecule has 0 saturated heterocycles. The van der Waals surface area contributed by atoms with Gasteiger partial charge in [0, 0.05) is 23.5 Å². The molecule has 0 radical (unpaired) electrons. The molecule has 1 aromatic rings. The molecule has 5 aliphatic rings. The number of aromatic hydroxyl groups is 2. The van der Waals surface area contributed by atoms with E-state index in [1.807, 2.05) is 0 Å². The summed E-state index contributed by atoms with van der Waals surface area (Å²) in [7, 11) is 0. The Morgan fingerprint density at radius 2 is 1.62 bits per heavy atom. The molecule has 248 valence electrons. The van der Waals surface area contributed by atoms with Crippen LogP contribution in [0.3, 0.4) is 0 Å². The van der Waals surface area contributed by atoms with Crippen LogP contribution in [0.1, 0.15) is 111 Å². The number of esters is 1. The van der Waals surface area contributed by atoms with Crippen molar-refractivity contribution in [2.75, 3.05) is 13.2 Å². The minimum absolute atomic E-state index is 0.00911. The van der Waals surface area contributed by atoms with Gasteiger partial charge in [0.05, 0.1) is 6.61 Å². The van der Waals surface area contributed by atoms with Gasteiger partial charge in [-0.2, -0.15) is 0 Å². The van der Waals surface area contributed by atoms with E-state index in [1.54, 1.807) is 17.7 Å². The maximum atomic E-state index is 13.0. The van der Waals surface area contributed by atoms with Crippen molar-refractivity contribution in [1.82, 2.24) is 0 Å². The van der Waals surface area contributed by atoms with Gasteiger partial charge >= 0.3 is 5.97 Å². The van der Waals surface area contributed by atoms with Gasteiger partial charge in [-0.15, -0.1) is 0 Å². The number of benzene rings is 1. The summed E-state index contributed by atoms with van der Waals surface area (Å²) >= 11 is 0. The molecule has 4 fully saturated rings. The number of hydrogen-bond donors (Lipinski definition) is 4. The first-order valence-corrected chi connectivity index (χ1v) is 17.4. The predicted octanol–water partition coefficient (Wildman–Crippen LogP) is 7.79. The highest BCUT2D eigenvalue weighted by atomic mass is 16.5. The van der Waals surface area contributed by atoms with Gasteiger partial charge in [0.1, 0.15) is 6.10 Å². The van der Waals surface area contributed by atoms with Crippen molar-refractivity contribution >= 4 is 12.0 Å². The third-order valence-corrected chi connectivity index (χ3v) is 14.9. The first-order chi connectivity index (χ1) is 21.1. The second kappa shape index (κ2) is 10.9. The maximum Gasteiger partial charge on any atom is 0.331 e. The molecule has 6 heteroatoms. The third kappa shape index (κ3) is 4.82. The summed E-state index contributed by atoms with van der Waals surface area (Å²) in [6.45, 7) is 14.8. The molecule has 4 saturated carbocycles. The van der Waals surface area contributed by atoms with E-state index in [9.17, 15) is 25.2 Å². The zero-order chi connectivity index (χ0) is 32.6. The summed E-state index contributed by atoms with van der Waals surface area (Å²) in [6, 6.07) is 4.41. The number of fused-ring (bicyclic) bond motifs is 7. The molecule has 0 spiro atoms. The van der Waals surface area contributed by atoms with Gasteiger partial charge in [-0.1, -0.05) is 59.3 Å². The minimum Gasteiger partial charge on any atom is -0.504 e. The summed E-state index contributed by atoms with van der Waals surface area (Å²) < 4.78 is 6.10. The molecular weight excluding hydrogens is 564 g/mol. The Morgan fingerprint density at radius 3 is 2.31 bits per heavy atom. The van der Waals surface area contributed by atoms with Crippen molar-refractivity contribution in [3.05, 3.63) is 41.5 Å². The van der Waals surface area contributed by atoms with Crippen molar-refractivity contribution in [3.8, 4) is 11.5 Å². The molecule has 4 N–H and O–H groups in total. The van der Waals surface area contributed by atoms with Crippen molar-refractivity contribution < 1.29 is 30.0 Å². The molecule has 0 aromatic heterocycles. The lowest BCUT2D eigenvalue weighted by molar-refractivity contribution is -0.223. The van der Waals surface area contributed by atoms with Crippen LogP contribution in [0.5, 0.6) is 11.5 Å². The van der Waals surface area contributed by atoms with E-state index in [2.05, 4.69) is 47.6 Å². The number of hydrogen-bond acceptors (Lipinski definition) is 6. The van der Waals surface area contributed by atoms with Crippen LogP contribution < -0.4 is 0 Å². The number of allylic oxidation sites excluding steroid dienone is 2. The quantitative estimate of drug-likeness (QED) is 0.116.